The molecule has 1 aromatic heterocycles. The van der Waals surface area contributed by atoms with Gasteiger partial charge < -0.3 is 10.1 Å². The molecule has 2 aromatic carbocycles. The van der Waals surface area contributed by atoms with Crippen LogP contribution in [-0.2, 0) is 5.60 Å². The van der Waals surface area contributed by atoms with Crippen LogP contribution in [0.5, 0.6) is 0 Å². The Morgan fingerprint density at radius 3 is 2.40 bits per heavy atom. The second-order valence-electron chi connectivity index (χ2n) is 5.04. The fourth-order valence-electron chi connectivity index (χ4n) is 2.33. The lowest BCUT2D eigenvalue weighted by Gasteiger charge is -2.20. The number of Topliss-reactive ketones (excluding diaryl/α,β-unsaturated/α-hetero) is 1. The first-order valence-electron chi connectivity index (χ1n) is 6.49. The van der Waals surface area contributed by atoms with Gasteiger partial charge in [-0.1, -0.05) is 48.5 Å². The van der Waals surface area contributed by atoms with E-state index in [-0.39, 0.29) is 5.78 Å². The third-order valence-electron chi connectivity index (χ3n) is 3.53. The summed E-state index contributed by atoms with van der Waals surface area (Å²) in [7, 11) is 0. The molecule has 3 heteroatoms. The van der Waals surface area contributed by atoms with Crippen molar-refractivity contribution in [2.75, 3.05) is 0 Å². The van der Waals surface area contributed by atoms with Gasteiger partial charge in [0.2, 0.25) is 0 Å². The Labute approximate surface area is 116 Å². The van der Waals surface area contributed by atoms with Crippen molar-refractivity contribution in [2.45, 2.75) is 12.5 Å². The van der Waals surface area contributed by atoms with Gasteiger partial charge in [-0.2, -0.15) is 0 Å². The molecule has 1 unspecified atom stereocenters. The standard InChI is InChI=1S/C17H15NO2/c1-17(20,16(19)12-7-3-2-4-8-12)15-11-13-9-5-6-10-14(13)18-15/h2-11,18,20H,1H3. The summed E-state index contributed by atoms with van der Waals surface area (Å²) in [6, 6.07) is 18.3. The Morgan fingerprint density at radius 2 is 1.70 bits per heavy atom. The summed E-state index contributed by atoms with van der Waals surface area (Å²) in [4.78, 5) is 15.6. The number of aromatic nitrogens is 1. The zero-order valence-corrected chi connectivity index (χ0v) is 11.1. The summed E-state index contributed by atoms with van der Waals surface area (Å²) in [5, 5.41) is 11.6. The number of carbonyl (C=O) groups excluding carboxylic acids is 1. The maximum absolute atomic E-state index is 12.5. The topological polar surface area (TPSA) is 53.1 Å². The van der Waals surface area contributed by atoms with Gasteiger partial charge in [-0.25, -0.2) is 0 Å². The number of carbonyl (C=O) groups is 1. The van der Waals surface area contributed by atoms with Crippen LogP contribution in [0, 0.1) is 0 Å². The minimum absolute atomic E-state index is 0.315. The summed E-state index contributed by atoms with van der Waals surface area (Å²) >= 11 is 0. The van der Waals surface area contributed by atoms with Crippen LogP contribution in [-0.4, -0.2) is 15.9 Å². The molecule has 1 heterocycles. The third kappa shape index (κ3) is 2.02. The van der Waals surface area contributed by atoms with Gasteiger partial charge in [0.05, 0.1) is 5.69 Å². The summed E-state index contributed by atoms with van der Waals surface area (Å²) in [5.74, 6) is -0.315. The van der Waals surface area contributed by atoms with Gasteiger partial charge in [0.25, 0.3) is 0 Å². The predicted octanol–water partition coefficient (Wildman–Crippen LogP) is 3.26. The van der Waals surface area contributed by atoms with E-state index >= 15 is 0 Å². The molecule has 3 rings (SSSR count). The first-order valence-corrected chi connectivity index (χ1v) is 6.49. The van der Waals surface area contributed by atoms with Crippen molar-refractivity contribution in [1.29, 1.82) is 0 Å². The molecule has 0 aliphatic heterocycles. The number of hydrogen-bond acceptors (Lipinski definition) is 2. The van der Waals surface area contributed by atoms with E-state index < -0.39 is 5.60 Å². The number of nitrogens with one attached hydrogen (secondary N) is 1. The molecule has 2 N–H and O–H groups in total. The van der Waals surface area contributed by atoms with Crippen LogP contribution in [0.1, 0.15) is 23.0 Å². The molecular weight excluding hydrogens is 250 g/mol. The smallest absolute Gasteiger partial charge is 0.200 e. The zero-order chi connectivity index (χ0) is 14.2. The Kier molecular flexibility index (Phi) is 2.92. The molecule has 1 atom stereocenters. The number of benzene rings is 2. The number of aromatic amines is 1. The van der Waals surface area contributed by atoms with E-state index in [9.17, 15) is 9.90 Å². The summed E-state index contributed by atoms with van der Waals surface area (Å²) < 4.78 is 0. The van der Waals surface area contributed by atoms with Gasteiger partial charge in [-0.3, -0.25) is 4.79 Å². The minimum Gasteiger partial charge on any atom is -0.376 e. The van der Waals surface area contributed by atoms with E-state index in [0.717, 1.165) is 10.9 Å². The predicted molar refractivity (Wildman–Crippen MR) is 78.6 cm³/mol. The molecule has 100 valence electrons. The summed E-state index contributed by atoms with van der Waals surface area (Å²) in [5.41, 5.74) is 0.341. The fraction of sp³-hybridized carbons (Fsp3) is 0.118. The van der Waals surface area contributed by atoms with Crippen molar-refractivity contribution in [2.24, 2.45) is 0 Å². The van der Waals surface area contributed by atoms with Crippen molar-refractivity contribution >= 4 is 16.7 Å². The van der Waals surface area contributed by atoms with Crippen molar-refractivity contribution in [1.82, 2.24) is 4.98 Å². The number of rotatable bonds is 3. The Morgan fingerprint density at radius 1 is 1.05 bits per heavy atom. The maximum Gasteiger partial charge on any atom is 0.200 e. The molecule has 20 heavy (non-hydrogen) atoms. The van der Waals surface area contributed by atoms with Crippen LogP contribution in [0.3, 0.4) is 0 Å². The number of aliphatic hydroxyl groups is 1. The van der Waals surface area contributed by atoms with Gasteiger partial charge in [-0.05, 0) is 24.4 Å². The lowest BCUT2D eigenvalue weighted by atomic mass is 9.91. The van der Waals surface area contributed by atoms with Crippen LogP contribution < -0.4 is 0 Å². The second kappa shape index (κ2) is 4.62. The van der Waals surface area contributed by atoms with Crippen molar-refractivity contribution in [3.8, 4) is 0 Å². The van der Waals surface area contributed by atoms with Crippen molar-refractivity contribution in [3.05, 3.63) is 71.9 Å². The number of ketones is 1. The summed E-state index contributed by atoms with van der Waals surface area (Å²) in [6.45, 7) is 1.52. The highest BCUT2D eigenvalue weighted by molar-refractivity contribution is 6.03. The van der Waals surface area contributed by atoms with Crippen LogP contribution in [0.4, 0.5) is 0 Å². The number of hydrogen-bond donors (Lipinski definition) is 2. The zero-order valence-electron chi connectivity index (χ0n) is 11.1. The highest BCUT2D eigenvalue weighted by atomic mass is 16.3. The molecule has 0 saturated heterocycles. The van der Waals surface area contributed by atoms with E-state index in [1.54, 1.807) is 24.3 Å². The molecule has 0 radical (unpaired) electrons. The van der Waals surface area contributed by atoms with Crippen LogP contribution in [0.15, 0.2) is 60.7 Å². The molecule has 0 saturated carbocycles. The van der Waals surface area contributed by atoms with Crippen LogP contribution in [0.25, 0.3) is 10.9 Å². The van der Waals surface area contributed by atoms with E-state index in [1.807, 2.05) is 36.4 Å². The number of fused-ring (bicyclic) bond motifs is 1. The molecule has 0 amide bonds. The average Bonchev–Trinajstić information content (AvgIpc) is 2.92. The van der Waals surface area contributed by atoms with E-state index in [0.29, 0.717) is 11.3 Å². The highest BCUT2D eigenvalue weighted by Gasteiger charge is 2.34. The van der Waals surface area contributed by atoms with E-state index in [2.05, 4.69) is 4.98 Å². The number of H-pyrrole nitrogens is 1. The van der Waals surface area contributed by atoms with Crippen molar-refractivity contribution in [3.63, 3.8) is 0 Å². The third-order valence-corrected chi connectivity index (χ3v) is 3.53. The molecule has 3 aromatic rings. The van der Waals surface area contributed by atoms with Gasteiger partial charge in [0.15, 0.2) is 11.4 Å². The molecule has 0 spiro atoms. The van der Waals surface area contributed by atoms with Gasteiger partial charge in [0, 0.05) is 11.1 Å². The molecule has 0 fully saturated rings. The monoisotopic (exact) mass is 265 g/mol. The second-order valence-corrected chi connectivity index (χ2v) is 5.04. The molecule has 0 aliphatic rings. The molecule has 0 aliphatic carbocycles. The quantitative estimate of drug-likeness (QED) is 0.714. The minimum atomic E-state index is -1.57. The lowest BCUT2D eigenvalue weighted by molar-refractivity contribution is 0.0376. The Bertz CT molecular complexity index is 724. The van der Waals surface area contributed by atoms with Gasteiger partial charge in [0.1, 0.15) is 0 Å². The Balaban J connectivity index is 2.05. The van der Waals surface area contributed by atoms with Crippen LogP contribution in [0.2, 0.25) is 0 Å². The largest absolute Gasteiger partial charge is 0.376 e. The first-order chi connectivity index (χ1) is 9.59. The number of para-hydroxylation sites is 1. The van der Waals surface area contributed by atoms with Gasteiger partial charge in [-0.15, -0.1) is 0 Å². The molecule has 0 bridgehead atoms. The van der Waals surface area contributed by atoms with Gasteiger partial charge >= 0.3 is 0 Å². The fourth-order valence-corrected chi connectivity index (χ4v) is 2.33. The normalized spacial score (nSPS) is 14.1. The Hall–Kier alpha value is -2.39. The maximum atomic E-state index is 12.5. The molecular formula is C17H15NO2. The van der Waals surface area contributed by atoms with E-state index in [1.165, 1.54) is 6.92 Å². The lowest BCUT2D eigenvalue weighted by Crippen LogP contribution is -2.32. The first kappa shape index (κ1) is 12.6. The summed E-state index contributed by atoms with van der Waals surface area (Å²) in [6.07, 6.45) is 0. The SMILES string of the molecule is CC(O)(C(=O)c1ccccc1)c1cc2ccccc2[nH]1. The average molecular weight is 265 g/mol. The molecule has 3 nitrogen and oxygen atoms in total. The van der Waals surface area contributed by atoms with Crippen molar-refractivity contribution < 1.29 is 9.90 Å². The van der Waals surface area contributed by atoms with E-state index in [4.69, 9.17) is 0 Å². The van der Waals surface area contributed by atoms with Crippen LogP contribution >= 0.6 is 0 Å². The highest BCUT2D eigenvalue weighted by Crippen LogP contribution is 2.27.